The monoisotopic (exact) mass is 722 g/mol. The average Bonchev–Trinajstić information content (AvgIpc) is 3.13. The summed E-state index contributed by atoms with van der Waals surface area (Å²) in [5.41, 5.74) is 12.0. The summed E-state index contributed by atoms with van der Waals surface area (Å²) < 4.78 is 0. The van der Waals surface area contributed by atoms with E-state index in [1.807, 2.05) is 19.1 Å². The molecule has 290 valence electrons. The van der Waals surface area contributed by atoms with E-state index in [9.17, 15) is 29.4 Å². The van der Waals surface area contributed by atoms with Gasteiger partial charge in [-0.3, -0.25) is 40.9 Å². The molecule has 0 radical (unpaired) electrons. The van der Waals surface area contributed by atoms with Crippen LogP contribution in [0, 0.1) is 11.8 Å². The van der Waals surface area contributed by atoms with E-state index in [-0.39, 0.29) is 46.3 Å². The molecule has 0 saturated heterocycles. The number of hydrogen-bond donors (Lipinski definition) is 6. The van der Waals surface area contributed by atoms with E-state index in [0.717, 1.165) is 68.9 Å². The lowest BCUT2D eigenvalue weighted by Gasteiger charge is -2.16. The molecule has 0 saturated carbocycles. The van der Waals surface area contributed by atoms with E-state index in [0.29, 0.717) is 19.3 Å². The maximum Gasteiger partial charge on any atom is 0.273 e. The first-order valence-corrected chi connectivity index (χ1v) is 19.9. The summed E-state index contributed by atoms with van der Waals surface area (Å²) in [4.78, 5) is 50.6. The van der Waals surface area contributed by atoms with Gasteiger partial charge in [-0.15, -0.1) is 0 Å². The van der Waals surface area contributed by atoms with Crippen molar-refractivity contribution in [3.63, 3.8) is 0 Å². The predicted molar refractivity (Wildman–Crippen MR) is 208 cm³/mol. The lowest BCUT2D eigenvalue weighted by molar-refractivity contribution is -0.126. The molecule has 0 aromatic heterocycles. The molecule has 2 aromatic carbocycles. The summed E-state index contributed by atoms with van der Waals surface area (Å²) in [7, 11) is 0. The SMILES string of the molecule is CCCCCCCCc1ccc(C(=O)NNC(=O)C(C)CCCCCC(CC)C(=O)NNC(=O)c2ccc(CCCCCCCC)cc2O)c(O)c1. The topological polar surface area (TPSA) is 157 Å². The van der Waals surface area contributed by atoms with Crippen LogP contribution in [0.25, 0.3) is 0 Å². The Morgan fingerprint density at radius 2 is 0.962 bits per heavy atom. The van der Waals surface area contributed by atoms with E-state index >= 15 is 0 Å². The summed E-state index contributed by atoms with van der Waals surface area (Å²) >= 11 is 0. The lowest BCUT2D eigenvalue weighted by Crippen LogP contribution is -2.44. The Bertz CT molecular complexity index is 1380. The first-order chi connectivity index (χ1) is 25.1. The number of hydrazine groups is 2. The summed E-state index contributed by atoms with van der Waals surface area (Å²) in [5, 5.41) is 20.8. The molecule has 6 N–H and O–H groups in total. The third-order valence-corrected chi connectivity index (χ3v) is 9.85. The number of aryl methyl sites for hydroxylation is 2. The van der Waals surface area contributed by atoms with E-state index in [2.05, 4.69) is 35.6 Å². The van der Waals surface area contributed by atoms with Gasteiger partial charge in [-0.05, 0) is 80.3 Å². The minimum atomic E-state index is -0.572. The van der Waals surface area contributed by atoms with Gasteiger partial charge in [0.05, 0.1) is 11.1 Å². The molecule has 2 atom stereocenters. The molecule has 0 heterocycles. The Morgan fingerprint density at radius 1 is 0.538 bits per heavy atom. The van der Waals surface area contributed by atoms with Gasteiger partial charge in [-0.2, -0.15) is 0 Å². The molecule has 2 rings (SSSR count). The Morgan fingerprint density at radius 3 is 1.42 bits per heavy atom. The van der Waals surface area contributed by atoms with Crippen LogP contribution < -0.4 is 21.7 Å². The van der Waals surface area contributed by atoms with Crippen LogP contribution in [0.5, 0.6) is 11.5 Å². The molecular formula is C42H66N4O6. The van der Waals surface area contributed by atoms with Crippen LogP contribution in [-0.2, 0) is 22.4 Å². The predicted octanol–water partition coefficient (Wildman–Crippen LogP) is 8.74. The number of amides is 4. The van der Waals surface area contributed by atoms with Crippen molar-refractivity contribution in [3.8, 4) is 11.5 Å². The highest BCUT2D eigenvalue weighted by Crippen LogP contribution is 2.22. The number of phenols is 2. The number of benzene rings is 2. The van der Waals surface area contributed by atoms with Crippen LogP contribution in [0.3, 0.4) is 0 Å². The van der Waals surface area contributed by atoms with Crippen LogP contribution in [0.15, 0.2) is 36.4 Å². The molecule has 0 fully saturated rings. The number of rotatable bonds is 25. The largest absolute Gasteiger partial charge is 0.507 e. The third kappa shape index (κ3) is 17.0. The zero-order chi connectivity index (χ0) is 38.1. The fourth-order valence-corrected chi connectivity index (χ4v) is 6.33. The summed E-state index contributed by atoms with van der Waals surface area (Å²) in [6.45, 7) is 8.11. The van der Waals surface area contributed by atoms with Crippen molar-refractivity contribution >= 4 is 23.6 Å². The minimum Gasteiger partial charge on any atom is -0.507 e. The number of aromatic hydroxyl groups is 2. The zero-order valence-electron chi connectivity index (χ0n) is 32.3. The Balaban J connectivity index is 1.65. The molecule has 0 spiro atoms. The van der Waals surface area contributed by atoms with Gasteiger partial charge in [0.25, 0.3) is 11.8 Å². The van der Waals surface area contributed by atoms with Gasteiger partial charge >= 0.3 is 0 Å². The summed E-state index contributed by atoms with van der Waals surface area (Å²) in [6, 6.07) is 10.1. The molecule has 2 unspecified atom stereocenters. The van der Waals surface area contributed by atoms with E-state index in [1.54, 1.807) is 31.2 Å². The van der Waals surface area contributed by atoms with Crippen molar-refractivity contribution in [3.05, 3.63) is 58.7 Å². The van der Waals surface area contributed by atoms with Gasteiger partial charge in [-0.25, -0.2) is 0 Å². The number of nitrogens with one attached hydrogen (secondary N) is 4. The van der Waals surface area contributed by atoms with E-state index in [4.69, 9.17) is 0 Å². The van der Waals surface area contributed by atoms with Crippen molar-refractivity contribution in [2.75, 3.05) is 0 Å². The first-order valence-electron chi connectivity index (χ1n) is 19.9. The van der Waals surface area contributed by atoms with Crippen LogP contribution in [0.1, 0.15) is 175 Å². The fraction of sp³-hybridized carbons (Fsp3) is 0.619. The average molecular weight is 723 g/mol. The molecule has 0 aliphatic carbocycles. The molecule has 0 bridgehead atoms. The molecule has 52 heavy (non-hydrogen) atoms. The number of hydrogen-bond acceptors (Lipinski definition) is 6. The number of unbranched alkanes of at least 4 members (excludes halogenated alkanes) is 12. The smallest absolute Gasteiger partial charge is 0.273 e. The van der Waals surface area contributed by atoms with Gasteiger partial charge in [0.1, 0.15) is 11.5 Å². The zero-order valence-corrected chi connectivity index (χ0v) is 32.3. The second-order valence-corrected chi connectivity index (χ2v) is 14.3. The second kappa shape index (κ2) is 25.8. The molecule has 10 nitrogen and oxygen atoms in total. The van der Waals surface area contributed by atoms with Crippen LogP contribution in [0.4, 0.5) is 0 Å². The molecule has 0 aliphatic rings. The van der Waals surface area contributed by atoms with Gasteiger partial charge in [-0.1, -0.05) is 123 Å². The normalized spacial score (nSPS) is 12.2. The maximum absolute atomic E-state index is 12.8. The molecule has 0 aliphatic heterocycles. The Hall–Kier alpha value is -4.08. The van der Waals surface area contributed by atoms with Gasteiger partial charge < -0.3 is 10.2 Å². The van der Waals surface area contributed by atoms with Crippen molar-refractivity contribution in [1.29, 1.82) is 0 Å². The van der Waals surface area contributed by atoms with Crippen LogP contribution in [0.2, 0.25) is 0 Å². The number of phenolic OH excluding ortho intramolecular Hbond substituents is 2. The van der Waals surface area contributed by atoms with Crippen molar-refractivity contribution in [2.45, 2.75) is 156 Å². The standard InChI is InChI=1S/C42H66N4O6/c1-5-8-10-12-14-18-22-32-25-27-35(37(47)29-32)41(51)45-43-39(49)31(4)21-17-16-20-24-34(7-3)40(50)44-46-42(52)36-28-26-33(30-38(36)48)23-19-15-13-11-9-6-2/h25-31,34,47-48H,5-24H2,1-4H3,(H,43,49)(H,44,50)(H,45,51)(H,46,52). The second-order valence-electron chi connectivity index (χ2n) is 14.3. The van der Waals surface area contributed by atoms with Crippen LogP contribution in [-0.4, -0.2) is 33.8 Å². The van der Waals surface area contributed by atoms with Gasteiger partial charge in [0, 0.05) is 11.8 Å². The van der Waals surface area contributed by atoms with Gasteiger partial charge in [0.2, 0.25) is 11.8 Å². The molecular weight excluding hydrogens is 656 g/mol. The summed E-state index contributed by atoms with van der Waals surface area (Å²) in [5.74, 6) is -2.56. The highest BCUT2D eigenvalue weighted by atomic mass is 16.3. The molecule has 10 heteroatoms. The first kappa shape index (κ1) is 44.1. The lowest BCUT2D eigenvalue weighted by atomic mass is 9.96. The highest BCUT2D eigenvalue weighted by Gasteiger charge is 2.20. The highest BCUT2D eigenvalue weighted by molar-refractivity contribution is 5.98. The van der Waals surface area contributed by atoms with E-state index < -0.39 is 11.8 Å². The Kier molecular flexibility index (Phi) is 21.9. The number of carbonyl (C=O) groups excluding carboxylic acids is 4. The van der Waals surface area contributed by atoms with Crippen molar-refractivity contribution in [1.82, 2.24) is 21.7 Å². The fourth-order valence-electron chi connectivity index (χ4n) is 6.33. The minimum absolute atomic E-state index is 0.101. The summed E-state index contributed by atoms with van der Waals surface area (Å²) in [6.07, 6.45) is 20.2. The van der Waals surface area contributed by atoms with Crippen molar-refractivity contribution in [2.24, 2.45) is 11.8 Å². The van der Waals surface area contributed by atoms with Crippen molar-refractivity contribution < 1.29 is 29.4 Å². The quantitative estimate of drug-likeness (QED) is 0.0445. The van der Waals surface area contributed by atoms with E-state index in [1.165, 1.54) is 51.4 Å². The number of carbonyl (C=O) groups is 4. The third-order valence-electron chi connectivity index (χ3n) is 9.85. The van der Waals surface area contributed by atoms with Crippen LogP contribution >= 0.6 is 0 Å². The Labute approximate surface area is 312 Å². The molecule has 2 aromatic rings. The molecule has 4 amide bonds. The maximum atomic E-state index is 12.8. The van der Waals surface area contributed by atoms with Gasteiger partial charge in [0.15, 0.2) is 0 Å².